The van der Waals surface area contributed by atoms with Gasteiger partial charge in [-0.05, 0) is 82.1 Å². The zero-order chi connectivity index (χ0) is 85.6. The summed E-state index contributed by atoms with van der Waals surface area (Å²) in [5.41, 5.74) is 13.5. The number of hydrogen-bond acceptors (Lipinski definition) is 21. The minimum atomic E-state index is -2.06. The molecule has 5 aromatic rings. The molecule has 0 saturated carbocycles. The Labute approximate surface area is 675 Å². The van der Waals surface area contributed by atoms with Crippen LogP contribution < -0.4 is 91.2 Å². The number of nitrogens with one attached hydrogen (secondary N) is 19. The molecule has 2 aromatic carbocycles. The lowest BCUT2D eigenvalue weighted by Crippen LogP contribution is -2.61. The Kier molecular flexibility index (Phi) is 36.3. The highest BCUT2D eigenvalue weighted by Gasteiger charge is 2.40. The van der Waals surface area contributed by atoms with Crippen LogP contribution in [-0.4, -0.2) is 240 Å². The second kappa shape index (κ2) is 45.3. The number of fused-ring (bicyclic) bond motifs is 2. The number of aliphatic carboxylic acids is 1. The maximum atomic E-state index is 15.1. The Balaban J connectivity index is 1.49. The molecule has 42 heteroatoms. The molecule has 116 heavy (non-hydrogen) atoms. The van der Waals surface area contributed by atoms with E-state index in [0.717, 1.165) is 21.6 Å². The Bertz CT molecular complexity index is 4330. The van der Waals surface area contributed by atoms with E-state index in [1.165, 1.54) is 39.5 Å². The molecule has 0 bridgehead atoms. The molecule has 0 aliphatic carbocycles. The van der Waals surface area contributed by atoms with Crippen LogP contribution in [0.2, 0.25) is 0 Å². The van der Waals surface area contributed by atoms with Gasteiger partial charge in [0, 0.05) is 103 Å². The number of para-hydroxylation sites is 2. The first-order valence-corrected chi connectivity index (χ1v) is 40.2. The van der Waals surface area contributed by atoms with Gasteiger partial charge < -0.3 is 116 Å². The first-order chi connectivity index (χ1) is 54.9. The predicted octanol–water partition coefficient (Wildman–Crippen LogP) is -3.62. The molecule has 6 rings (SSSR count). The predicted molar refractivity (Wildman–Crippen MR) is 428 cm³/mol. The van der Waals surface area contributed by atoms with Gasteiger partial charge in [0.25, 0.3) is 0 Å². The first kappa shape index (κ1) is 93.0. The molecule has 1 aliphatic rings. The quantitative estimate of drug-likeness (QED) is 0.0110. The highest BCUT2D eigenvalue weighted by atomic mass is 33.1. The number of benzene rings is 2. The number of nitrogens with two attached hydrogens (primary N) is 2. The van der Waals surface area contributed by atoms with Gasteiger partial charge in [0.1, 0.15) is 72.5 Å². The highest BCUT2D eigenvalue weighted by Crippen LogP contribution is 2.26. The van der Waals surface area contributed by atoms with Gasteiger partial charge in [0.2, 0.25) is 88.6 Å². The minimum absolute atomic E-state index is 0.00498. The Morgan fingerprint density at radius 3 is 1.69 bits per heavy atom. The summed E-state index contributed by atoms with van der Waals surface area (Å²) in [6.07, 6.45) is 0.913. The van der Waals surface area contributed by atoms with E-state index in [1.807, 2.05) is 0 Å². The average Bonchev–Trinajstić information content (AvgIpc) is 1.66. The van der Waals surface area contributed by atoms with E-state index in [2.05, 4.69) is 99.7 Å². The van der Waals surface area contributed by atoms with Gasteiger partial charge >= 0.3 is 5.97 Å². The van der Waals surface area contributed by atoms with Crippen LogP contribution in [0.4, 0.5) is 0 Å². The summed E-state index contributed by atoms with van der Waals surface area (Å²) in [6, 6.07) is -6.53. The lowest BCUT2D eigenvalue weighted by Gasteiger charge is -2.29. The molecule has 0 spiro atoms. The summed E-state index contributed by atoms with van der Waals surface area (Å²) in [7, 11) is 1.69. The van der Waals surface area contributed by atoms with Crippen molar-refractivity contribution in [1.29, 1.82) is 5.41 Å². The monoisotopic (exact) mass is 1650 g/mol. The minimum Gasteiger partial charge on any atom is -0.481 e. The average molecular weight is 1660 g/mol. The van der Waals surface area contributed by atoms with Crippen LogP contribution in [0, 0.1) is 17.2 Å². The zero-order valence-electron chi connectivity index (χ0n) is 65.7. The van der Waals surface area contributed by atoms with Gasteiger partial charge in [0.05, 0.1) is 25.4 Å². The molecular weight excluding hydrogens is 1550 g/mol. The number of carbonyl (C=O) groups excluding carboxylic acids is 15. The van der Waals surface area contributed by atoms with Crippen molar-refractivity contribution in [2.75, 3.05) is 24.6 Å². The molecule has 0 unspecified atom stereocenters. The largest absolute Gasteiger partial charge is 0.481 e. The molecule has 0 radical (unpaired) electrons. The number of carbonyl (C=O) groups is 16. The third-order valence-corrected chi connectivity index (χ3v) is 21.0. The molecule has 1 fully saturated rings. The number of aromatic amines is 3. The molecule has 25 N–H and O–H groups in total. The van der Waals surface area contributed by atoms with Gasteiger partial charge in [0.15, 0.2) is 5.96 Å². The van der Waals surface area contributed by atoms with E-state index >= 15 is 14.4 Å². The lowest BCUT2D eigenvalue weighted by atomic mass is 9.97. The van der Waals surface area contributed by atoms with E-state index in [9.17, 15) is 72.5 Å². The van der Waals surface area contributed by atoms with Gasteiger partial charge in [-0.3, -0.25) is 82.1 Å². The van der Waals surface area contributed by atoms with Crippen LogP contribution in [0.3, 0.4) is 0 Å². The molecule has 632 valence electrons. The van der Waals surface area contributed by atoms with E-state index in [1.54, 1.807) is 96.3 Å². The van der Waals surface area contributed by atoms with Gasteiger partial charge in [-0.2, -0.15) is 0 Å². The van der Waals surface area contributed by atoms with Gasteiger partial charge in [-0.1, -0.05) is 92.1 Å². The zero-order valence-corrected chi connectivity index (χ0v) is 67.3. The number of rotatable bonds is 26. The Hall–Kier alpha value is -11.8. The van der Waals surface area contributed by atoms with Crippen LogP contribution in [0.1, 0.15) is 118 Å². The molecule has 4 heterocycles. The van der Waals surface area contributed by atoms with Crippen molar-refractivity contribution in [3.05, 3.63) is 90.3 Å². The third-order valence-electron chi connectivity index (χ3n) is 18.6. The number of carboxylic acid groups (broad SMARTS) is 1. The summed E-state index contributed by atoms with van der Waals surface area (Å²) < 4.78 is 0. The Morgan fingerprint density at radius 2 is 1.14 bits per heavy atom. The van der Waals surface area contributed by atoms with Gasteiger partial charge in [-0.25, -0.2) is 4.98 Å². The molecule has 3 aromatic heterocycles. The van der Waals surface area contributed by atoms with E-state index in [-0.39, 0.29) is 44.3 Å². The van der Waals surface area contributed by atoms with Crippen LogP contribution >= 0.6 is 21.6 Å². The summed E-state index contributed by atoms with van der Waals surface area (Å²) >= 11 is 0. The second-order valence-electron chi connectivity index (χ2n) is 28.7. The number of nitrogens with zero attached hydrogens (tertiary/aromatic N) is 1. The molecule has 1 saturated heterocycles. The van der Waals surface area contributed by atoms with Crippen LogP contribution in [-0.2, 0) is 96.0 Å². The number of aliphatic hydroxyl groups is 1. The number of aromatic nitrogens is 4. The topological polar surface area (TPSA) is 630 Å². The number of amides is 15. The van der Waals surface area contributed by atoms with Crippen molar-refractivity contribution in [2.24, 2.45) is 23.3 Å². The van der Waals surface area contributed by atoms with Crippen LogP contribution in [0.25, 0.3) is 21.8 Å². The van der Waals surface area contributed by atoms with Crippen molar-refractivity contribution in [3.8, 4) is 0 Å². The number of imidazole rings is 1. The van der Waals surface area contributed by atoms with Gasteiger partial charge in [-0.15, -0.1) is 0 Å². The lowest BCUT2D eigenvalue weighted by molar-refractivity contribution is -0.141. The molecule has 15 amide bonds. The maximum Gasteiger partial charge on any atom is 0.305 e. The van der Waals surface area contributed by atoms with Crippen molar-refractivity contribution >= 4 is 144 Å². The van der Waals surface area contributed by atoms with E-state index < -0.39 is 234 Å². The van der Waals surface area contributed by atoms with Crippen molar-refractivity contribution in [3.63, 3.8) is 0 Å². The normalized spacial score (nSPS) is 22.4. The summed E-state index contributed by atoms with van der Waals surface area (Å²) in [5, 5.41) is 68.4. The van der Waals surface area contributed by atoms with Crippen LogP contribution in [0.15, 0.2) is 73.4 Å². The summed E-state index contributed by atoms with van der Waals surface area (Å²) in [5.74, 6) is -19.4. The van der Waals surface area contributed by atoms with Crippen LogP contribution in [0.5, 0.6) is 0 Å². The number of aliphatic hydroxyl groups excluding tert-OH is 1. The fourth-order valence-corrected chi connectivity index (χ4v) is 14.5. The first-order valence-electron chi connectivity index (χ1n) is 37.7. The smallest absolute Gasteiger partial charge is 0.305 e. The fraction of sp³-hybridized carbons (Fsp3) is 0.514. The maximum absolute atomic E-state index is 15.1. The number of carboxylic acids is 1. The molecule has 14 atom stereocenters. The third kappa shape index (κ3) is 29.2. The SMILES string of the molecule is CC[C@H](C)[C@H](NC(C)=O)C(=O)N[C@H]1CSSC[C@@H](C(=O)N[C@H](C(=O)NC(C)C)[C@@H](C)O)NC(=O)[C@H](CCCNC(=N)N)NC(=O)[C@H](Cc2cnc[nH]2)NC(=O)[C@H](C)NC(=O)CNC(=O)[C@H](Cc2c[nH]c3ccccc23)NC(=O)[C@H](CC(=O)O)NC(=O)[C@H](CCC(N)=O)NC(=O)[C@H](Cc2c[nH]c3ccccc23)NC(=O)[C@H](C(C)C)NC1=O. The number of hydrogen-bond donors (Lipinski definition) is 23. The van der Waals surface area contributed by atoms with Crippen molar-refractivity contribution in [2.45, 2.75) is 205 Å². The highest BCUT2D eigenvalue weighted by molar-refractivity contribution is 8.76. The summed E-state index contributed by atoms with van der Waals surface area (Å²) in [4.78, 5) is 240. The van der Waals surface area contributed by atoms with Crippen molar-refractivity contribution < 1.29 is 86.9 Å². The number of primary amides is 1. The van der Waals surface area contributed by atoms with E-state index in [4.69, 9.17) is 16.9 Å². The second-order valence-corrected chi connectivity index (χ2v) is 31.3. The molecule has 1 aliphatic heterocycles. The number of H-pyrrole nitrogens is 3. The Morgan fingerprint density at radius 1 is 0.603 bits per heavy atom. The standard InChI is InChI=1S/C74H106N22O18S2/c1-10-37(6)60(86-40(9)98)72(113)94-55-33-116-115-32-54(70(111)96-61(39(8)97)73(114)84-36(4)5)93-64(105)48(20-15-23-79-74(76)77)87-67(108)52(26-43-30-78-34-83-43)89-62(103)38(7)85-57(100)31-82-63(104)50(24-41-28-80-46-18-13-11-16-44(41)46)90-68(109)53(27-58(101)102)91-65(106)49(21-22-56(75)99)88-66(107)51(92-71(112)59(35(2)3)95-69(55)110)25-42-29-81-47-19-14-12-17-45(42)47/h11-14,16-19,28-30,34-39,48-55,59-61,80-81,97H,10,15,20-27,31-33H2,1-9H3,(H2,75,99)(H,78,83)(H,82,104)(H,84,114)(H,85,100)(H,86,98)(H,87,108)(H,88,107)(H,89,103)(H,90,109)(H,91,106)(H,92,112)(H,93,105)(H,94,113)(H,95,110)(H,96,111)(H,101,102)(H4,76,77,79)/t37-,38-,39+,48-,49-,50-,51-,52-,53-,54-,55-,59-,60-,61-/m0/s1. The molecule has 40 nitrogen and oxygen atoms in total. The van der Waals surface area contributed by atoms with Crippen molar-refractivity contribution in [1.82, 2.24) is 99.7 Å². The summed E-state index contributed by atoms with van der Waals surface area (Å²) in [6.45, 7) is 12.5. The number of guanidine groups is 1. The van der Waals surface area contributed by atoms with E-state index in [0.29, 0.717) is 39.4 Å². The molecular formula is C74H106N22O18S2. The fourth-order valence-electron chi connectivity index (χ4n) is 12.2.